The Morgan fingerprint density at radius 2 is 1.66 bits per heavy atom. The molecule has 0 aromatic heterocycles. The Hall–Kier alpha value is -1.48. The van der Waals surface area contributed by atoms with Gasteiger partial charge in [-0.2, -0.15) is 12.6 Å². The molecule has 1 aliphatic carbocycles. The third-order valence-electron chi connectivity index (χ3n) is 9.14. The maximum atomic E-state index is 14.0. The molecule has 6 atom stereocenters. The van der Waals surface area contributed by atoms with Crippen molar-refractivity contribution in [2.24, 2.45) is 23.2 Å². The zero-order valence-electron chi connectivity index (χ0n) is 27.1. The first kappa shape index (κ1) is 35.7. The van der Waals surface area contributed by atoms with E-state index in [0.29, 0.717) is 18.4 Å². The lowest BCUT2D eigenvalue weighted by molar-refractivity contribution is -0.142. The van der Waals surface area contributed by atoms with Crippen LogP contribution in [0.15, 0.2) is 0 Å². The monoisotopic (exact) mass is 595 g/mol. The molecule has 4 amide bonds. The summed E-state index contributed by atoms with van der Waals surface area (Å²) in [6.07, 6.45) is 10.8. The molecular weight excluding hydrogens is 534 g/mol. The van der Waals surface area contributed by atoms with E-state index < -0.39 is 17.5 Å². The van der Waals surface area contributed by atoms with Crippen molar-refractivity contribution in [3.05, 3.63) is 0 Å². The van der Waals surface area contributed by atoms with Gasteiger partial charge in [-0.1, -0.05) is 67.2 Å². The van der Waals surface area contributed by atoms with Gasteiger partial charge in [0.1, 0.15) is 12.1 Å². The van der Waals surface area contributed by atoms with Gasteiger partial charge in [-0.05, 0) is 80.9 Å². The van der Waals surface area contributed by atoms with Gasteiger partial charge in [-0.25, -0.2) is 4.79 Å². The number of carbonyl (C=O) groups is 3. The molecule has 2 aliphatic rings. The number of thiol groups is 1. The van der Waals surface area contributed by atoms with Crippen LogP contribution in [0, 0.1) is 23.2 Å². The molecule has 41 heavy (non-hydrogen) atoms. The van der Waals surface area contributed by atoms with Crippen molar-refractivity contribution in [1.82, 2.24) is 26.2 Å². The Morgan fingerprint density at radius 3 is 2.27 bits per heavy atom. The van der Waals surface area contributed by atoms with Crippen LogP contribution in [0.2, 0.25) is 0 Å². The first-order valence-electron chi connectivity index (χ1n) is 16.4. The van der Waals surface area contributed by atoms with Crippen molar-refractivity contribution in [2.45, 2.75) is 137 Å². The van der Waals surface area contributed by atoms with E-state index in [2.05, 4.69) is 47.7 Å². The zero-order chi connectivity index (χ0) is 30.6. The summed E-state index contributed by atoms with van der Waals surface area (Å²) in [5.41, 5.74) is -0.517. The highest BCUT2D eigenvalue weighted by atomic mass is 32.1. The Balaban J connectivity index is 2.10. The molecule has 2 rings (SSSR count). The summed E-state index contributed by atoms with van der Waals surface area (Å²) < 4.78 is 0. The van der Waals surface area contributed by atoms with Gasteiger partial charge in [0.25, 0.3) is 0 Å². The predicted molar refractivity (Wildman–Crippen MR) is 172 cm³/mol. The Kier molecular flexibility index (Phi) is 15.3. The van der Waals surface area contributed by atoms with Crippen molar-refractivity contribution < 1.29 is 14.4 Å². The summed E-state index contributed by atoms with van der Waals surface area (Å²) in [7, 11) is 0. The molecule has 6 unspecified atom stereocenters. The number of hydrogen-bond donors (Lipinski definition) is 5. The van der Waals surface area contributed by atoms with Gasteiger partial charge >= 0.3 is 6.03 Å². The maximum absolute atomic E-state index is 14.0. The largest absolute Gasteiger partial charge is 0.352 e. The van der Waals surface area contributed by atoms with Gasteiger partial charge in [-0.3, -0.25) is 9.59 Å². The molecule has 0 radical (unpaired) electrons. The summed E-state index contributed by atoms with van der Waals surface area (Å²) in [5.74, 6) is 1.64. The minimum Gasteiger partial charge on any atom is -0.352 e. The number of carbonyl (C=O) groups excluding carboxylic acids is 3. The minimum absolute atomic E-state index is 0.0133. The van der Waals surface area contributed by atoms with Crippen LogP contribution >= 0.6 is 12.6 Å². The number of nitrogens with zero attached hydrogens (tertiary/aromatic N) is 1. The number of hydrogen-bond acceptors (Lipinski definition) is 5. The van der Waals surface area contributed by atoms with Crippen molar-refractivity contribution in [2.75, 3.05) is 25.4 Å². The minimum atomic E-state index is -0.740. The average Bonchev–Trinajstić information content (AvgIpc) is 3.31. The average molecular weight is 596 g/mol. The number of urea groups is 1. The molecule has 9 heteroatoms. The van der Waals surface area contributed by atoms with E-state index in [1.807, 2.05) is 34.6 Å². The van der Waals surface area contributed by atoms with E-state index in [1.165, 1.54) is 19.3 Å². The molecule has 1 aliphatic heterocycles. The summed E-state index contributed by atoms with van der Waals surface area (Å²) in [6, 6.07) is -1.50. The Bertz CT molecular complexity index is 814. The lowest BCUT2D eigenvalue weighted by atomic mass is 9.83. The summed E-state index contributed by atoms with van der Waals surface area (Å²) in [5, 5.41) is 13.0. The zero-order valence-corrected chi connectivity index (χ0v) is 28.0. The summed E-state index contributed by atoms with van der Waals surface area (Å²) in [4.78, 5) is 42.6. The van der Waals surface area contributed by atoms with Crippen LogP contribution in [-0.2, 0) is 9.59 Å². The highest BCUT2D eigenvalue weighted by molar-refractivity contribution is 7.80. The van der Waals surface area contributed by atoms with E-state index >= 15 is 0 Å². The SMILES string of the molecule is CCC(C)CC(C)NC(=O)C1C(C)CCN1C(=O)C(NC(=O)NC(CNCCCCS)C1CCCCC1)C(C)(C)C. The molecule has 1 saturated carbocycles. The standard InChI is InChI=1S/C32H61N5O3S/c1-8-22(2)20-24(4)34-29(38)27-23(3)16-18-37(27)30(39)28(32(5,6)7)36-31(40)35-26(21-33-17-12-13-19-41)25-14-10-9-11-15-25/h22-28,33,41H,8-21H2,1-7H3,(H,34,38)(H2,35,36,40). The van der Waals surface area contributed by atoms with Gasteiger partial charge in [0.2, 0.25) is 11.8 Å². The van der Waals surface area contributed by atoms with Crippen LogP contribution in [0.1, 0.15) is 113 Å². The van der Waals surface area contributed by atoms with Crippen LogP contribution in [0.3, 0.4) is 0 Å². The fourth-order valence-corrected chi connectivity index (χ4v) is 6.62. The van der Waals surface area contributed by atoms with Crippen molar-refractivity contribution in [3.8, 4) is 0 Å². The van der Waals surface area contributed by atoms with Gasteiger partial charge in [0, 0.05) is 25.2 Å². The van der Waals surface area contributed by atoms with Crippen LogP contribution < -0.4 is 21.3 Å². The van der Waals surface area contributed by atoms with E-state index in [1.54, 1.807) is 4.90 Å². The van der Waals surface area contributed by atoms with Crippen molar-refractivity contribution in [1.29, 1.82) is 0 Å². The second-order valence-electron chi connectivity index (χ2n) is 14.0. The lowest BCUT2D eigenvalue weighted by Gasteiger charge is -2.37. The maximum Gasteiger partial charge on any atom is 0.315 e. The molecule has 4 N–H and O–H groups in total. The number of rotatable bonds is 15. The van der Waals surface area contributed by atoms with Gasteiger partial charge in [0.05, 0.1) is 0 Å². The molecule has 0 spiro atoms. The Labute approximate surface area is 256 Å². The van der Waals surface area contributed by atoms with Crippen LogP contribution in [0.4, 0.5) is 4.79 Å². The van der Waals surface area contributed by atoms with Crippen LogP contribution in [-0.4, -0.2) is 72.3 Å². The summed E-state index contributed by atoms with van der Waals surface area (Å²) in [6.45, 7) is 16.5. The number of unbranched alkanes of at least 4 members (excludes halogenated alkanes) is 1. The first-order chi connectivity index (χ1) is 19.4. The van der Waals surface area contributed by atoms with Crippen LogP contribution in [0.25, 0.3) is 0 Å². The Morgan fingerprint density at radius 1 is 0.976 bits per heavy atom. The van der Waals surface area contributed by atoms with Crippen LogP contribution in [0.5, 0.6) is 0 Å². The normalized spacial score (nSPS) is 23.0. The molecule has 0 aromatic rings. The van der Waals surface area contributed by atoms with Gasteiger partial charge in [0.15, 0.2) is 0 Å². The van der Waals surface area contributed by atoms with Gasteiger partial charge in [-0.15, -0.1) is 0 Å². The second-order valence-corrected chi connectivity index (χ2v) is 14.4. The van der Waals surface area contributed by atoms with E-state index in [0.717, 1.165) is 63.8 Å². The predicted octanol–water partition coefficient (Wildman–Crippen LogP) is 5.13. The van der Waals surface area contributed by atoms with E-state index in [4.69, 9.17) is 0 Å². The molecule has 8 nitrogen and oxygen atoms in total. The fourth-order valence-electron chi connectivity index (χ4n) is 6.40. The second kappa shape index (κ2) is 17.6. The molecule has 1 heterocycles. The molecule has 2 fully saturated rings. The third-order valence-corrected chi connectivity index (χ3v) is 9.46. The molecule has 0 bridgehead atoms. The highest BCUT2D eigenvalue weighted by Crippen LogP contribution is 2.30. The molecular formula is C32H61N5O3S. The lowest BCUT2D eigenvalue weighted by Crippen LogP contribution is -2.61. The molecule has 0 aromatic carbocycles. The highest BCUT2D eigenvalue weighted by Gasteiger charge is 2.45. The smallest absolute Gasteiger partial charge is 0.315 e. The van der Waals surface area contributed by atoms with Gasteiger partial charge < -0.3 is 26.2 Å². The van der Waals surface area contributed by atoms with Crippen molar-refractivity contribution in [3.63, 3.8) is 0 Å². The quantitative estimate of drug-likeness (QED) is 0.134. The number of amides is 4. The van der Waals surface area contributed by atoms with E-state index in [-0.39, 0.29) is 35.8 Å². The fraction of sp³-hybridized carbons (Fsp3) is 0.906. The van der Waals surface area contributed by atoms with E-state index in [9.17, 15) is 14.4 Å². The number of likely N-dealkylation sites (tertiary alicyclic amines) is 1. The van der Waals surface area contributed by atoms with Crippen molar-refractivity contribution >= 4 is 30.5 Å². The number of nitrogens with one attached hydrogen (secondary N) is 4. The third kappa shape index (κ3) is 11.6. The topological polar surface area (TPSA) is 103 Å². The summed E-state index contributed by atoms with van der Waals surface area (Å²) >= 11 is 4.30. The molecule has 238 valence electrons. The first-order valence-corrected chi connectivity index (χ1v) is 17.0. The molecule has 1 saturated heterocycles.